The first-order valence-electron chi connectivity index (χ1n) is 9.68. The summed E-state index contributed by atoms with van der Waals surface area (Å²) in [6.07, 6.45) is 3.19. The SMILES string of the molecule is CCCCNC(=NCC(=O)N(C)C)NC1CCN(c2ccccc2OC)C1. The third-order valence-electron chi connectivity index (χ3n) is 4.65. The van der Waals surface area contributed by atoms with Crippen molar-refractivity contribution in [1.29, 1.82) is 0 Å². The number of para-hydroxylation sites is 2. The van der Waals surface area contributed by atoms with Crippen LogP contribution in [0.4, 0.5) is 5.69 Å². The Hall–Kier alpha value is -2.44. The Morgan fingerprint density at radius 3 is 2.85 bits per heavy atom. The second-order valence-corrected chi connectivity index (χ2v) is 6.98. The molecule has 0 aromatic heterocycles. The molecule has 0 saturated carbocycles. The maximum Gasteiger partial charge on any atom is 0.243 e. The van der Waals surface area contributed by atoms with Crippen LogP contribution in [0.25, 0.3) is 0 Å². The average Bonchev–Trinajstić information content (AvgIpc) is 3.14. The first kappa shape index (κ1) is 20.9. The molecular formula is C20H33N5O2. The van der Waals surface area contributed by atoms with Gasteiger partial charge >= 0.3 is 0 Å². The van der Waals surface area contributed by atoms with Crippen LogP contribution in [0.5, 0.6) is 5.75 Å². The van der Waals surface area contributed by atoms with E-state index in [-0.39, 0.29) is 18.5 Å². The summed E-state index contributed by atoms with van der Waals surface area (Å²) in [5.41, 5.74) is 1.12. The highest BCUT2D eigenvalue weighted by Crippen LogP contribution is 2.30. The number of carbonyl (C=O) groups is 1. The number of unbranched alkanes of at least 4 members (excludes halogenated alkanes) is 1. The maximum absolute atomic E-state index is 11.9. The summed E-state index contributed by atoms with van der Waals surface area (Å²) >= 11 is 0. The molecule has 1 fully saturated rings. The van der Waals surface area contributed by atoms with Gasteiger partial charge in [0, 0.05) is 39.8 Å². The Morgan fingerprint density at radius 1 is 1.37 bits per heavy atom. The number of likely N-dealkylation sites (N-methyl/N-ethyl adjacent to an activating group) is 1. The summed E-state index contributed by atoms with van der Waals surface area (Å²) in [6, 6.07) is 8.37. The van der Waals surface area contributed by atoms with Crippen LogP contribution in [-0.2, 0) is 4.79 Å². The van der Waals surface area contributed by atoms with E-state index in [4.69, 9.17) is 4.74 Å². The number of anilines is 1. The monoisotopic (exact) mass is 375 g/mol. The van der Waals surface area contributed by atoms with Crippen molar-refractivity contribution in [3.8, 4) is 5.75 Å². The topological polar surface area (TPSA) is 69.2 Å². The van der Waals surface area contributed by atoms with Gasteiger partial charge in [0.2, 0.25) is 5.91 Å². The van der Waals surface area contributed by atoms with Crippen molar-refractivity contribution in [1.82, 2.24) is 15.5 Å². The summed E-state index contributed by atoms with van der Waals surface area (Å²) in [7, 11) is 5.20. The van der Waals surface area contributed by atoms with E-state index in [2.05, 4.69) is 33.5 Å². The van der Waals surface area contributed by atoms with Gasteiger partial charge in [-0.1, -0.05) is 25.5 Å². The van der Waals surface area contributed by atoms with E-state index in [1.165, 1.54) is 0 Å². The van der Waals surface area contributed by atoms with Gasteiger partial charge in [-0.25, -0.2) is 4.99 Å². The molecule has 7 heteroatoms. The Labute approximate surface area is 162 Å². The van der Waals surface area contributed by atoms with Crippen LogP contribution in [0.3, 0.4) is 0 Å². The minimum absolute atomic E-state index is 0.00587. The number of rotatable bonds is 8. The largest absolute Gasteiger partial charge is 0.495 e. The number of aliphatic imine (C=N–C) groups is 1. The van der Waals surface area contributed by atoms with E-state index in [1.54, 1.807) is 26.1 Å². The molecule has 27 heavy (non-hydrogen) atoms. The summed E-state index contributed by atoms with van der Waals surface area (Å²) in [6.45, 7) is 4.98. The summed E-state index contributed by atoms with van der Waals surface area (Å²) < 4.78 is 5.49. The molecule has 1 aliphatic rings. The minimum Gasteiger partial charge on any atom is -0.495 e. The molecule has 7 nitrogen and oxygen atoms in total. The van der Waals surface area contributed by atoms with E-state index in [0.29, 0.717) is 5.96 Å². The van der Waals surface area contributed by atoms with Crippen LogP contribution in [-0.4, -0.2) is 70.2 Å². The second kappa shape index (κ2) is 10.6. The average molecular weight is 376 g/mol. The fraction of sp³-hybridized carbons (Fsp3) is 0.600. The molecular weight excluding hydrogens is 342 g/mol. The van der Waals surface area contributed by atoms with Gasteiger partial charge in [0.1, 0.15) is 12.3 Å². The molecule has 1 saturated heterocycles. The van der Waals surface area contributed by atoms with E-state index in [0.717, 1.165) is 50.3 Å². The number of guanidine groups is 1. The lowest BCUT2D eigenvalue weighted by Crippen LogP contribution is -2.45. The lowest BCUT2D eigenvalue weighted by molar-refractivity contribution is -0.127. The number of benzene rings is 1. The molecule has 0 bridgehead atoms. The smallest absolute Gasteiger partial charge is 0.243 e. The molecule has 1 heterocycles. The quantitative estimate of drug-likeness (QED) is 0.411. The van der Waals surface area contributed by atoms with Gasteiger partial charge in [0.15, 0.2) is 5.96 Å². The van der Waals surface area contributed by atoms with Crippen LogP contribution in [0.1, 0.15) is 26.2 Å². The zero-order chi connectivity index (χ0) is 19.6. The third-order valence-corrected chi connectivity index (χ3v) is 4.65. The Bertz CT molecular complexity index is 633. The standard InChI is InChI=1S/C20H33N5O2/c1-5-6-12-21-20(22-14-19(26)24(2)3)23-16-11-13-25(15-16)17-9-7-8-10-18(17)27-4/h7-10,16H,5-6,11-15H2,1-4H3,(H2,21,22,23). The van der Waals surface area contributed by atoms with Crippen LogP contribution in [0.15, 0.2) is 29.3 Å². The van der Waals surface area contributed by atoms with Gasteiger partial charge in [0.05, 0.1) is 12.8 Å². The van der Waals surface area contributed by atoms with Crippen molar-refractivity contribution in [2.75, 3.05) is 52.3 Å². The zero-order valence-corrected chi connectivity index (χ0v) is 17.0. The molecule has 2 N–H and O–H groups in total. The van der Waals surface area contributed by atoms with Gasteiger partial charge in [0.25, 0.3) is 0 Å². The van der Waals surface area contributed by atoms with Crippen molar-refractivity contribution < 1.29 is 9.53 Å². The van der Waals surface area contributed by atoms with Crippen molar-refractivity contribution in [3.63, 3.8) is 0 Å². The van der Waals surface area contributed by atoms with E-state index < -0.39 is 0 Å². The Balaban J connectivity index is 1.98. The predicted molar refractivity (Wildman–Crippen MR) is 111 cm³/mol. The van der Waals surface area contributed by atoms with Gasteiger partial charge in [-0.15, -0.1) is 0 Å². The molecule has 150 valence electrons. The highest BCUT2D eigenvalue weighted by Gasteiger charge is 2.25. The van der Waals surface area contributed by atoms with Gasteiger partial charge in [-0.05, 0) is 25.0 Å². The maximum atomic E-state index is 11.9. The number of carbonyl (C=O) groups excluding carboxylic acids is 1. The highest BCUT2D eigenvalue weighted by molar-refractivity contribution is 5.85. The molecule has 1 aromatic carbocycles. The first-order valence-corrected chi connectivity index (χ1v) is 9.68. The lowest BCUT2D eigenvalue weighted by atomic mass is 10.2. The molecule has 0 radical (unpaired) electrons. The minimum atomic E-state index is -0.00587. The molecule has 0 aliphatic carbocycles. The van der Waals surface area contributed by atoms with Crippen molar-refractivity contribution >= 4 is 17.6 Å². The van der Waals surface area contributed by atoms with E-state index in [9.17, 15) is 4.79 Å². The fourth-order valence-electron chi connectivity index (χ4n) is 3.01. The summed E-state index contributed by atoms with van der Waals surface area (Å²) in [5.74, 6) is 1.60. The highest BCUT2D eigenvalue weighted by atomic mass is 16.5. The van der Waals surface area contributed by atoms with Crippen LogP contribution < -0.4 is 20.3 Å². The van der Waals surface area contributed by atoms with Crippen LogP contribution in [0, 0.1) is 0 Å². The van der Waals surface area contributed by atoms with Gasteiger partial charge < -0.3 is 25.2 Å². The third kappa shape index (κ3) is 6.34. The lowest BCUT2D eigenvalue weighted by Gasteiger charge is -2.22. The molecule has 1 aromatic rings. The number of hydrogen-bond acceptors (Lipinski definition) is 4. The molecule has 1 aliphatic heterocycles. The molecule has 0 spiro atoms. The Kier molecular flexibility index (Phi) is 8.23. The number of nitrogens with one attached hydrogen (secondary N) is 2. The number of ether oxygens (including phenoxy) is 1. The molecule has 1 unspecified atom stereocenters. The van der Waals surface area contributed by atoms with Gasteiger partial charge in [-0.2, -0.15) is 0 Å². The van der Waals surface area contributed by atoms with Crippen molar-refractivity contribution in [3.05, 3.63) is 24.3 Å². The van der Waals surface area contributed by atoms with Gasteiger partial charge in [-0.3, -0.25) is 4.79 Å². The fourth-order valence-corrected chi connectivity index (χ4v) is 3.01. The van der Waals surface area contributed by atoms with Crippen LogP contribution >= 0.6 is 0 Å². The van der Waals surface area contributed by atoms with Crippen LogP contribution in [0.2, 0.25) is 0 Å². The second-order valence-electron chi connectivity index (χ2n) is 6.98. The number of nitrogens with zero attached hydrogens (tertiary/aromatic N) is 3. The number of methoxy groups -OCH3 is 1. The Morgan fingerprint density at radius 2 is 2.15 bits per heavy atom. The molecule has 2 rings (SSSR count). The number of hydrogen-bond donors (Lipinski definition) is 2. The zero-order valence-electron chi connectivity index (χ0n) is 17.0. The van der Waals surface area contributed by atoms with Crippen molar-refractivity contribution in [2.24, 2.45) is 4.99 Å². The summed E-state index contributed by atoms with van der Waals surface area (Å²) in [5, 5.41) is 6.84. The van der Waals surface area contributed by atoms with E-state index >= 15 is 0 Å². The molecule has 1 atom stereocenters. The predicted octanol–water partition coefficient (Wildman–Crippen LogP) is 1.70. The normalized spacial score (nSPS) is 17.0. The van der Waals surface area contributed by atoms with E-state index in [1.807, 2.05) is 18.2 Å². The first-order chi connectivity index (χ1) is 13.0. The molecule has 1 amide bonds. The van der Waals surface area contributed by atoms with Crippen molar-refractivity contribution in [2.45, 2.75) is 32.2 Å². The summed E-state index contributed by atoms with van der Waals surface area (Å²) in [4.78, 5) is 20.2. The number of amides is 1.